The van der Waals surface area contributed by atoms with Gasteiger partial charge in [0.2, 0.25) is 17.7 Å². The number of hydrogen-bond acceptors (Lipinski definition) is 8. The van der Waals surface area contributed by atoms with Crippen LogP contribution in [0.3, 0.4) is 0 Å². The lowest BCUT2D eigenvalue weighted by atomic mass is 10.2. The number of unbranched alkanes of at least 4 members (excludes halogenated alkanes) is 1. The summed E-state index contributed by atoms with van der Waals surface area (Å²) in [6, 6.07) is 0.129. The first-order valence-corrected chi connectivity index (χ1v) is 12.4. The van der Waals surface area contributed by atoms with Crippen LogP contribution in [0.1, 0.15) is 51.4 Å². The minimum atomic E-state index is -0.324. The number of hydrogen-bond donors (Lipinski definition) is 4. The van der Waals surface area contributed by atoms with Crippen molar-refractivity contribution < 1.29 is 24.3 Å². The smallest absolute Gasteiger partial charge is 0.222 e. The lowest BCUT2D eigenvalue weighted by Gasteiger charge is -2.23. The fourth-order valence-corrected chi connectivity index (χ4v) is 4.89. The predicted octanol–water partition coefficient (Wildman–Crippen LogP) is 0.800. The SMILES string of the molecule is CO.NOCC1CCCN1C(=O)CCCSSCCNC(=O)CCCCC(N)=O. The Bertz CT molecular complexity index is 472. The largest absolute Gasteiger partial charge is 0.400 e. The second-order valence-electron chi connectivity index (χ2n) is 6.49. The van der Waals surface area contributed by atoms with Gasteiger partial charge in [-0.1, -0.05) is 21.6 Å². The number of aliphatic hydroxyl groups excluding tert-OH is 1. The topological polar surface area (TPSA) is 148 Å². The summed E-state index contributed by atoms with van der Waals surface area (Å²) in [5.41, 5.74) is 5.05. The second kappa shape index (κ2) is 19.0. The van der Waals surface area contributed by atoms with Gasteiger partial charge in [-0.3, -0.25) is 14.4 Å². The zero-order valence-electron chi connectivity index (χ0n) is 17.3. The van der Waals surface area contributed by atoms with Gasteiger partial charge in [0.15, 0.2) is 0 Å². The highest BCUT2D eigenvalue weighted by atomic mass is 33.1. The van der Waals surface area contributed by atoms with E-state index in [0.717, 1.165) is 44.4 Å². The number of aliphatic hydroxyl groups is 1. The molecule has 1 atom stereocenters. The summed E-state index contributed by atoms with van der Waals surface area (Å²) in [5.74, 6) is 6.73. The van der Waals surface area contributed by atoms with Crippen molar-refractivity contribution in [1.29, 1.82) is 0 Å². The number of rotatable bonds is 15. The third-order valence-electron chi connectivity index (χ3n) is 4.27. The average molecular weight is 453 g/mol. The number of nitrogens with two attached hydrogens (primary N) is 2. The molecular weight excluding hydrogens is 416 g/mol. The minimum absolute atomic E-state index is 0.0114. The van der Waals surface area contributed by atoms with E-state index in [4.69, 9.17) is 21.6 Å². The van der Waals surface area contributed by atoms with Crippen molar-refractivity contribution in [2.75, 3.05) is 38.3 Å². The third kappa shape index (κ3) is 14.6. The van der Waals surface area contributed by atoms with E-state index in [0.29, 0.717) is 45.3 Å². The molecule has 1 fully saturated rings. The number of primary amides is 1. The molecule has 11 heteroatoms. The van der Waals surface area contributed by atoms with Crippen molar-refractivity contribution in [3.8, 4) is 0 Å². The van der Waals surface area contributed by atoms with Crippen molar-refractivity contribution >= 4 is 39.3 Å². The maximum Gasteiger partial charge on any atom is 0.222 e. The Balaban J connectivity index is 0.00000379. The van der Waals surface area contributed by atoms with Gasteiger partial charge in [-0.25, -0.2) is 5.90 Å². The van der Waals surface area contributed by atoms with Crippen molar-refractivity contribution in [3.05, 3.63) is 0 Å². The number of carbonyl (C=O) groups is 3. The van der Waals surface area contributed by atoms with E-state index >= 15 is 0 Å². The normalized spacial score (nSPS) is 15.6. The van der Waals surface area contributed by atoms with Crippen LogP contribution in [0.4, 0.5) is 0 Å². The van der Waals surface area contributed by atoms with Crippen LogP contribution in [0.5, 0.6) is 0 Å². The molecule has 1 saturated heterocycles. The molecule has 0 aromatic rings. The van der Waals surface area contributed by atoms with Gasteiger partial charge in [0.25, 0.3) is 0 Å². The van der Waals surface area contributed by atoms with Crippen LogP contribution in [-0.2, 0) is 19.2 Å². The van der Waals surface area contributed by atoms with E-state index in [-0.39, 0.29) is 23.8 Å². The Morgan fingerprint density at radius 2 is 1.79 bits per heavy atom. The van der Waals surface area contributed by atoms with Crippen LogP contribution < -0.4 is 16.9 Å². The van der Waals surface area contributed by atoms with Gasteiger partial charge in [0.05, 0.1) is 12.6 Å². The van der Waals surface area contributed by atoms with E-state index < -0.39 is 0 Å². The van der Waals surface area contributed by atoms with E-state index in [1.807, 2.05) is 4.90 Å². The summed E-state index contributed by atoms with van der Waals surface area (Å²) >= 11 is 0. The highest BCUT2D eigenvalue weighted by Gasteiger charge is 2.28. The molecule has 0 radical (unpaired) electrons. The lowest BCUT2D eigenvalue weighted by Crippen LogP contribution is -2.38. The number of nitrogens with one attached hydrogen (secondary N) is 1. The molecule has 29 heavy (non-hydrogen) atoms. The summed E-state index contributed by atoms with van der Waals surface area (Å²) in [7, 11) is 4.42. The highest BCUT2D eigenvalue weighted by molar-refractivity contribution is 8.76. The summed E-state index contributed by atoms with van der Waals surface area (Å²) < 4.78 is 0. The van der Waals surface area contributed by atoms with Crippen LogP contribution in [-0.4, -0.2) is 72.1 Å². The fraction of sp³-hybridized carbons (Fsp3) is 0.833. The molecule has 0 aliphatic carbocycles. The summed E-state index contributed by atoms with van der Waals surface area (Å²) in [5, 5.41) is 9.86. The summed E-state index contributed by atoms with van der Waals surface area (Å²) in [6.07, 6.45) is 5.47. The van der Waals surface area contributed by atoms with Gasteiger partial charge in [0, 0.05) is 51.0 Å². The Morgan fingerprint density at radius 1 is 1.10 bits per heavy atom. The molecule has 1 heterocycles. The van der Waals surface area contributed by atoms with E-state index in [9.17, 15) is 14.4 Å². The molecule has 1 aliphatic rings. The lowest BCUT2D eigenvalue weighted by molar-refractivity contribution is -0.133. The van der Waals surface area contributed by atoms with Gasteiger partial charge in [-0.2, -0.15) is 0 Å². The molecule has 170 valence electrons. The molecule has 0 aromatic heterocycles. The Labute approximate surface area is 181 Å². The van der Waals surface area contributed by atoms with Gasteiger partial charge >= 0.3 is 0 Å². The van der Waals surface area contributed by atoms with Crippen LogP contribution in [0.2, 0.25) is 0 Å². The Kier molecular flexibility index (Phi) is 18.3. The molecule has 6 N–H and O–H groups in total. The number of amides is 3. The van der Waals surface area contributed by atoms with Crippen LogP contribution in [0, 0.1) is 0 Å². The Morgan fingerprint density at radius 3 is 2.48 bits per heavy atom. The zero-order valence-corrected chi connectivity index (χ0v) is 18.9. The van der Waals surface area contributed by atoms with Gasteiger partial charge in [0.1, 0.15) is 0 Å². The molecule has 3 amide bonds. The first-order chi connectivity index (χ1) is 14.0. The maximum absolute atomic E-state index is 12.2. The van der Waals surface area contributed by atoms with E-state index in [1.54, 1.807) is 21.6 Å². The first kappa shape index (κ1) is 28.0. The quantitative estimate of drug-likeness (QED) is 0.162. The maximum atomic E-state index is 12.2. The van der Waals surface area contributed by atoms with Gasteiger partial charge < -0.3 is 25.9 Å². The molecule has 0 bridgehead atoms. The molecule has 0 spiro atoms. The molecule has 1 rings (SSSR count). The molecule has 1 unspecified atom stereocenters. The monoisotopic (exact) mass is 452 g/mol. The second-order valence-corrected chi connectivity index (χ2v) is 9.19. The number of carbonyl (C=O) groups excluding carboxylic acids is 3. The number of nitrogens with zero attached hydrogens (tertiary/aromatic N) is 1. The molecule has 0 saturated carbocycles. The standard InChI is InChI=1S/C17H32N4O4S2.CH4O/c18-15(22)6-1-2-7-16(23)20-9-12-27-26-11-4-8-17(24)21-10-3-5-14(21)13-25-19;1-2/h14H,1-13,19H2,(H2,18,22)(H,20,23);2H,1H3. The zero-order chi connectivity index (χ0) is 21.9. The van der Waals surface area contributed by atoms with Crippen LogP contribution in [0.15, 0.2) is 0 Å². The Hall–Kier alpha value is -1.01. The van der Waals surface area contributed by atoms with Crippen LogP contribution in [0.25, 0.3) is 0 Å². The van der Waals surface area contributed by atoms with Crippen molar-refractivity contribution in [2.24, 2.45) is 11.6 Å². The third-order valence-corrected chi connectivity index (χ3v) is 6.77. The molecule has 1 aliphatic heterocycles. The van der Waals surface area contributed by atoms with E-state index in [2.05, 4.69) is 5.32 Å². The molecule has 0 aromatic carbocycles. The van der Waals surface area contributed by atoms with Crippen molar-refractivity contribution in [1.82, 2.24) is 10.2 Å². The van der Waals surface area contributed by atoms with Gasteiger partial charge in [-0.15, -0.1) is 0 Å². The molecular formula is C18H36N4O5S2. The van der Waals surface area contributed by atoms with Crippen molar-refractivity contribution in [3.63, 3.8) is 0 Å². The number of likely N-dealkylation sites (tertiary alicyclic amines) is 1. The summed E-state index contributed by atoms with van der Waals surface area (Å²) in [4.78, 5) is 41.0. The van der Waals surface area contributed by atoms with E-state index in [1.165, 1.54) is 0 Å². The first-order valence-electron chi connectivity index (χ1n) is 9.90. The van der Waals surface area contributed by atoms with Crippen molar-refractivity contribution in [2.45, 2.75) is 57.4 Å². The summed E-state index contributed by atoms with van der Waals surface area (Å²) in [6.45, 7) is 1.84. The average Bonchev–Trinajstić information content (AvgIpc) is 3.17. The predicted molar refractivity (Wildman–Crippen MR) is 118 cm³/mol. The fourth-order valence-electron chi connectivity index (χ4n) is 2.90. The highest BCUT2D eigenvalue weighted by Crippen LogP contribution is 2.23. The minimum Gasteiger partial charge on any atom is -0.400 e. The molecule has 9 nitrogen and oxygen atoms in total. The van der Waals surface area contributed by atoms with Crippen LogP contribution >= 0.6 is 21.6 Å². The van der Waals surface area contributed by atoms with Gasteiger partial charge in [-0.05, 0) is 32.1 Å².